The van der Waals surface area contributed by atoms with Gasteiger partial charge in [0.2, 0.25) is 0 Å². The average Bonchev–Trinajstić information content (AvgIpc) is 3.72. The van der Waals surface area contributed by atoms with Crippen molar-refractivity contribution in [3.63, 3.8) is 0 Å². The molecule has 2 radical (unpaired) electrons. The van der Waals surface area contributed by atoms with Crippen molar-refractivity contribution in [2.24, 2.45) is 11.8 Å². The minimum atomic E-state index is 0. The van der Waals surface area contributed by atoms with Crippen LogP contribution >= 0.6 is 24.8 Å². The van der Waals surface area contributed by atoms with E-state index >= 15 is 0 Å². The number of aryl methyl sites for hydroxylation is 4. The van der Waals surface area contributed by atoms with Crippen LogP contribution in [0.4, 0.5) is 0 Å². The first-order valence-electron chi connectivity index (χ1n) is 19.2. The summed E-state index contributed by atoms with van der Waals surface area (Å²) in [5.41, 5.74) is 13.9. The first-order valence-corrected chi connectivity index (χ1v) is 23.4. The fourth-order valence-electron chi connectivity index (χ4n) is 9.04. The van der Waals surface area contributed by atoms with Crippen molar-refractivity contribution in [3.05, 3.63) is 145 Å². The fourth-order valence-corrected chi connectivity index (χ4v) is 9.04. The second kappa shape index (κ2) is 23.1. The van der Waals surface area contributed by atoms with E-state index in [9.17, 15) is 0 Å². The summed E-state index contributed by atoms with van der Waals surface area (Å²) in [6.07, 6.45) is 16.8. The first kappa shape index (κ1) is 47.9. The van der Waals surface area contributed by atoms with E-state index in [0.29, 0.717) is 0 Å². The normalized spacial score (nSPS) is 14.2. The van der Waals surface area contributed by atoms with Gasteiger partial charge in [0.1, 0.15) is 0 Å². The molecule has 0 atom stereocenters. The van der Waals surface area contributed by atoms with Gasteiger partial charge in [0.15, 0.2) is 0 Å². The van der Waals surface area contributed by atoms with Crippen LogP contribution in [0.15, 0.2) is 97.1 Å². The van der Waals surface area contributed by atoms with Crippen LogP contribution in [0.2, 0.25) is 0 Å². The van der Waals surface area contributed by atoms with Gasteiger partial charge >= 0.3 is 30.2 Å². The molecule has 0 saturated heterocycles. The fraction of sp³-hybridized carbons (Fsp3) is 0.360. The first-order chi connectivity index (χ1) is 24.4. The Labute approximate surface area is 358 Å². The Bertz CT molecular complexity index is 1840. The predicted molar refractivity (Wildman–Crippen MR) is 243 cm³/mol. The number of benzene rings is 4. The molecule has 0 aromatic heterocycles. The average molecular weight is 853 g/mol. The molecule has 0 heterocycles. The quantitative estimate of drug-likeness (QED) is 0.116. The van der Waals surface area contributed by atoms with Crippen LogP contribution in [0.3, 0.4) is 0 Å². The molecule has 54 heavy (non-hydrogen) atoms. The molecule has 2 aliphatic rings. The van der Waals surface area contributed by atoms with Crippen molar-refractivity contribution >= 4 is 53.2 Å². The van der Waals surface area contributed by atoms with E-state index in [0.717, 1.165) is 11.8 Å². The molecule has 0 spiro atoms. The van der Waals surface area contributed by atoms with Gasteiger partial charge in [0, 0.05) is 0 Å². The SMILES string of the molecule is Cc1cc(C)cc(-c2cccc3[cH-]c(CC4CCCCC4)cc23)c1.Cc1cc(C)cc(-c2cccc3[cH-]c(CC4CCCCC4)cc23)c1.Cl.Cl.[CH3-].[CH3-].[Si]=[Zr]. The van der Waals surface area contributed by atoms with Crippen molar-refractivity contribution in [2.75, 3.05) is 0 Å². The molecule has 8 rings (SSSR count). The van der Waals surface area contributed by atoms with E-state index in [-0.39, 0.29) is 39.7 Å². The molecule has 288 valence electrons. The van der Waals surface area contributed by atoms with Crippen LogP contribution < -0.4 is 0 Å². The van der Waals surface area contributed by atoms with Crippen LogP contribution in [-0.4, -0.2) is 6.88 Å². The molecular weight excluding hydrogens is 791 g/mol. The molecule has 0 amide bonds. The molecule has 0 unspecified atom stereocenters. The molecule has 0 bridgehead atoms. The molecule has 0 N–H and O–H groups in total. The zero-order valence-electron chi connectivity index (χ0n) is 33.7. The van der Waals surface area contributed by atoms with E-state index in [1.165, 1.54) is 178 Å². The summed E-state index contributed by atoms with van der Waals surface area (Å²) >= 11 is 1.36. The zero-order chi connectivity index (χ0) is 35.0. The third kappa shape index (κ3) is 12.4. The van der Waals surface area contributed by atoms with E-state index in [1.54, 1.807) is 0 Å². The Morgan fingerprint density at radius 3 is 1.17 bits per heavy atom. The summed E-state index contributed by atoms with van der Waals surface area (Å²) in [4.78, 5) is 0. The van der Waals surface area contributed by atoms with E-state index < -0.39 is 0 Å². The number of halogens is 2. The number of rotatable bonds is 6. The topological polar surface area (TPSA) is 0 Å². The molecule has 6 aromatic rings. The number of hydrogen-bond donors (Lipinski definition) is 0. The van der Waals surface area contributed by atoms with Gasteiger partial charge in [0.25, 0.3) is 0 Å². The number of fused-ring (bicyclic) bond motifs is 2. The molecule has 0 nitrogen and oxygen atoms in total. The second-order valence-corrected chi connectivity index (χ2v) is 15.5. The Morgan fingerprint density at radius 1 is 0.500 bits per heavy atom. The van der Waals surface area contributed by atoms with Gasteiger partial charge in [0.05, 0.1) is 0 Å². The van der Waals surface area contributed by atoms with Crippen molar-refractivity contribution in [2.45, 2.75) is 105 Å². The molecule has 2 saturated carbocycles. The maximum atomic E-state index is 3.06. The van der Waals surface area contributed by atoms with Crippen LogP contribution in [-0.2, 0) is 36.2 Å². The van der Waals surface area contributed by atoms with Gasteiger partial charge in [-0.2, -0.15) is 12.1 Å². The van der Waals surface area contributed by atoms with E-state index in [1.807, 2.05) is 0 Å². The molecule has 0 aliphatic heterocycles. The van der Waals surface area contributed by atoms with Gasteiger partial charge < -0.3 is 14.9 Å². The Morgan fingerprint density at radius 2 is 0.833 bits per heavy atom. The van der Waals surface area contributed by atoms with Crippen LogP contribution in [0, 0.1) is 54.4 Å². The molecule has 6 aromatic carbocycles. The summed E-state index contributed by atoms with van der Waals surface area (Å²) in [6, 6.07) is 37.0. The van der Waals surface area contributed by atoms with Gasteiger partial charge in [-0.1, -0.05) is 146 Å². The molecule has 2 aliphatic carbocycles. The van der Waals surface area contributed by atoms with Crippen LogP contribution in [0.25, 0.3) is 43.8 Å². The Balaban J connectivity index is 0.000000334. The standard InChI is InChI=1S/2C24H27.2CH3.2ClH.Si.Zr/c2*1-17-11-18(2)13-22(12-17)23-10-6-9-21-15-20(16-24(21)23)14-19-7-4-3-5-8-19;;;;;;/h2*6,9-13,15-16,19H,3-5,7-8,14H2,1-2H3;2*1H3;2*1H;;/q4*-1;;;;. The number of hydrogen-bond acceptors (Lipinski definition) is 0. The molecule has 4 heteroatoms. The Kier molecular flexibility index (Phi) is 20.5. The second-order valence-electron chi connectivity index (χ2n) is 15.5. The summed E-state index contributed by atoms with van der Waals surface area (Å²) in [5.74, 6) is 1.81. The molecule has 2 fully saturated rings. The van der Waals surface area contributed by atoms with Crippen molar-refractivity contribution in [1.82, 2.24) is 0 Å². The minimum absolute atomic E-state index is 0. The zero-order valence-corrected chi connectivity index (χ0v) is 38.8. The third-order valence-electron chi connectivity index (χ3n) is 11.2. The monoisotopic (exact) mass is 850 g/mol. The maximum absolute atomic E-state index is 3.06. The predicted octanol–water partition coefficient (Wildman–Crippen LogP) is 15.3. The van der Waals surface area contributed by atoms with Gasteiger partial charge in [-0.25, -0.2) is 0 Å². The van der Waals surface area contributed by atoms with E-state index in [2.05, 4.69) is 132 Å². The van der Waals surface area contributed by atoms with Crippen molar-refractivity contribution < 1.29 is 23.3 Å². The summed E-state index contributed by atoms with van der Waals surface area (Å²) in [6.45, 7) is 11.8. The Hall–Kier alpha value is -2.22. The molecular formula is C50H62Cl2SiZr-4. The van der Waals surface area contributed by atoms with Crippen LogP contribution in [0.1, 0.15) is 97.6 Å². The van der Waals surface area contributed by atoms with Crippen molar-refractivity contribution in [1.29, 1.82) is 0 Å². The summed E-state index contributed by atoms with van der Waals surface area (Å²) in [5, 5.41) is 5.65. The van der Waals surface area contributed by atoms with Crippen LogP contribution in [0.5, 0.6) is 0 Å². The third-order valence-corrected chi connectivity index (χ3v) is 11.2. The van der Waals surface area contributed by atoms with E-state index in [4.69, 9.17) is 0 Å². The summed E-state index contributed by atoms with van der Waals surface area (Å²) < 4.78 is 0. The summed E-state index contributed by atoms with van der Waals surface area (Å²) in [7, 11) is 0. The van der Waals surface area contributed by atoms with Gasteiger partial charge in [-0.05, 0) is 63.5 Å². The van der Waals surface area contributed by atoms with Crippen molar-refractivity contribution in [3.8, 4) is 22.3 Å². The van der Waals surface area contributed by atoms with Gasteiger partial charge in [-0.15, -0.1) is 93.9 Å². The van der Waals surface area contributed by atoms with Gasteiger partial charge in [-0.3, -0.25) is 0 Å².